The first-order chi connectivity index (χ1) is 32.4. The van der Waals surface area contributed by atoms with Gasteiger partial charge in [-0.05, 0) is 65.5 Å². The van der Waals surface area contributed by atoms with Gasteiger partial charge in [-0.3, -0.25) is 14.3 Å². The van der Waals surface area contributed by atoms with Gasteiger partial charge >= 0.3 is 12.1 Å². The average Bonchev–Trinajstić information content (AvgIpc) is 4.08. The van der Waals surface area contributed by atoms with Crippen LogP contribution in [0.1, 0.15) is 76.3 Å². The van der Waals surface area contributed by atoms with Crippen LogP contribution >= 0.6 is 11.3 Å². The second-order valence-corrected chi connectivity index (χ2v) is 16.8. The number of nitrogens with one attached hydrogen (secondary N) is 2. The minimum Gasteiger partial charge on any atom is -0.444 e. The lowest BCUT2D eigenvalue weighted by molar-refractivity contribution is -0.149. The Kier molecular flexibility index (Phi) is 22.4. The number of halogens is 2. The Hall–Kier alpha value is -5.01. The van der Waals surface area contributed by atoms with Gasteiger partial charge in [0.2, 0.25) is 5.95 Å². The van der Waals surface area contributed by atoms with E-state index >= 15 is 0 Å². The number of hydrogen-bond donors (Lipinski definition) is 2. The van der Waals surface area contributed by atoms with E-state index in [1.807, 2.05) is 6.92 Å². The van der Waals surface area contributed by atoms with Crippen molar-refractivity contribution >= 4 is 35.0 Å². The van der Waals surface area contributed by atoms with Gasteiger partial charge in [0.1, 0.15) is 27.7 Å². The third-order valence-electron chi connectivity index (χ3n) is 9.64. The van der Waals surface area contributed by atoms with E-state index in [2.05, 4.69) is 30.8 Å². The molecule has 1 aliphatic carbocycles. The van der Waals surface area contributed by atoms with E-state index in [0.717, 1.165) is 37.8 Å². The van der Waals surface area contributed by atoms with Crippen LogP contribution in [0.3, 0.4) is 0 Å². The molecule has 4 aromatic rings. The van der Waals surface area contributed by atoms with Crippen LogP contribution < -0.4 is 10.6 Å². The number of amides is 2. The van der Waals surface area contributed by atoms with Crippen molar-refractivity contribution in [3.63, 3.8) is 0 Å². The van der Waals surface area contributed by atoms with E-state index in [1.54, 1.807) is 43.2 Å². The maximum Gasteiger partial charge on any atom is 0.407 e. The van der Waals surface area contributed by atoms with Crippen LogP contribution in [-0.2, 0) is 54.2 Å². The Morgan fingerprint density at radius 3 is 2.06 bits per heavy atom. The van der Waals surface area contributed by atoms with E-state index in [1.165, 1.54) is 22.2 Å². The molecule has 0 radical (unpaired) electrons. The minimum atomic E-state index is -0.880. The lowest BCUT2D eigenvalue weighted by Crippen LogP contribution is -2.34. The molecule has 5 rings (SSSR count). The van der Waals surface area contributed by atoms with Gasteiger partial charge in [-0.1, -0.05) is 0 Å². The van der Waals surface area contributed by atoms with Gasteiger partial charge in [-0.2, -0.15) is 14.6 Å². The number of thiazole rings is 1. The standard InChI is InChI=1S/C44H62F2N8O12S/c1-5-64-33-8-6-32(7-9-33)54-28-35(40(52-54)39-34(45)10-11-37(46)51-39)49-41(56)36-29-67-42(50-36)31-26-48-53(27-31)30-65-38(55)12-14-58-16-18-60-20-22-62-24-25-63-23-21-61-19-17-59-15-13-47-43(57)66-44(2,3)4/h10-11,26-29,32-33H,5-9,12-25,30H2,1-4H3,(H,47,57)(H,49,56). The van der Waals surface area contributed by atoms with Crippen molar-refractivity contribution in [2.24, 2.45) is 0 Å². The summed E-state index contributed by atoms with van der Waals surface area (Å²) >= 11 is 1.21. The largest absolute Gasteiger partial charge is 0.444 e. The molecular formula is C44H62F2N8O12S. The maximum atomic E-state index is 14.9. The zero-order chi connectivity index (χ0) is 47.9. The third kappa shape index (κ3) is 19.3. The van der Waals surface area contributed by atoms with Crippen molar-refractivity contribution in [2.75, 3.05) is 97.8 Å². The summed E-state index contributed by atoms with van der Waals surface area (Å²) in [5.74, 6) is -2.71. The minimum absolute atomic E-state index is 0.00441. The molecule has 1 aliphatic rings. The number of nitrogens with zero attached hydrogens (tertiary/aromatic N) is 6. The molecule has 0 atom stereocenters. The third-order valence-corrected chi connectivity index (χ3v) is 10.5. The number of hydrogen-bond acceptors (Lipinski definition) is 17. The first kappa shape index (κ1) is 53.0. The van der Waals surface area contributed by atoms with Crippen molar-refractivity contribution < 1.29 is 65.8 Å². The van der Waals surface area contributed by atoms with Crippen LogP contribution in [0.2, 0.25) is 0 Å². The number of aromatic nitrogens is 6. The molecule has 2 N–H and O–H groups in total. The molecular weight excluding hydrogens is 903 g/mol. The number of ether oxygens (including phenoxy) is 9. The quantitative estimate of drug-likeness (QED) is 0.0357. The van der Waals surface area contributed by atoms with Crippen molar-refractivity contribution in [1.82, 2.24) is 34.8 Å². The predicted octanol–water partition coefficient (Wildman–Crippen LogP) is 5.83. The molecule has 0 unspecified atom stereocenters. The molecule has 4 heterocycles. The zero-order valence-electron chi connectivity index (χ0n) is 38.5. The Morgan fingerprint density at radius 1 is 0.806 bits per heavy atom. The second-order valence-electron chi connectivity index (χ2n) is 16.0. The summed E-state index contributed by atoms with van der Waals surface area (Å²) in [6, 6.07) is 1.86. The predicted molar refractivity (Wildman–Crippen MR) is 239 cm³/mol. The number of pyridine rings is 1. The van der Waals surface area contributed by atoms with Crippen LogP contribution in [-0.4, -0.2) is 152 Å². The Labute approximate surface area is 392 Å². The highest BCUT2D eigenvalue weighted by molar-refractivity contribution is 7.13. The van der Waals surface area contributed by atoms with Crippen LogP contribution in [0.5, 0.6) is 0 Å². The van der Waals surface area contributed by atoms with Crippen LogP contribution in [0, 0.1) is 11.8 Å². The molecule has 0 aliphatic heterocycles. The van der Waals surface area contributed by atoms with Gasteiger partial charge in [-0.25, -0.2) is 23.8 Å². The van der Waals surface area contributed by atoms with Crippen LogP contribution in [0.15, 0.2) is 36.1 Å². The van der Waals surface area contributed by atoms with Gasteiger partial charge < -0.3 is 53.3 Å². The van der Waals surface area contributed by atoms with Crippen molar-refractivity contribution in [1.29, 1.82) is 0 Å². The monoisotopic (exact) mass is 964 g/mol. The van der Waals surface area contributed by atoms with Crippen molar-refractivity contribution in [3.8, 4) is 22.0 Å². The average molecular weight is 965 g/mol. The summed E-state index contributed by atoms with van der Waals surface area (Å²) in [5.41, 5.74) is -0.00261. The first-order valence-electron chi connectivity index (χ1n) is 22.3. The van der Waals surface area contributed by atoms with E-state index in [-0.39, 0.29) is 54.7 Å². The number of rotatable bonds is 30. The van der Waals surface area contributed by atoms with Gasteiger partial charge in [0.15, 0.2) is 12.5 Å². The molecule has 20 nitrogen and oxygen atoms in total. The van der Waals surface area contributed by atoms with E-state index in [0.29, 0.717) is 96.4 Å². The smallest absolute Gasteiger partial charge is 0.407 e. The number of alkyl carbamates (subject to hydrolysis) is 1. The normalized spacial score (nSPS) is 15.1. The topological polar surface area (TPSA) is 220 Å². The van der Waals surface area contributed by atoms with Crippen molar-refractivity contribution in [3.05, 3.63) is 53.6 Å². The summed E-state index contributed by atoms with van der Waals surface area (Å²) in [4.78, 5) is 45.5. The number of esters is 1. The highest BCUT2D eigenvalue weighted by Crippen LogP contribution is 2.35. The van der Waals surface area contributed by atoms with E-state index in [9.17, 15) is 23.2 Å². The molecule has 23 heteroatoms. The van der Waals surface area contributed by atoms with Crippen LogP contribution in [0.4, 0.5) is 19.3 Å². The number of anilines is 1. The number of carbonyl (C=O) groups excluding carboxylic acids is 3. The van der Waals surface area contributed by atoms with Gasteiger partial charge in [0.25, 0.3) is 5.91 Å². The molecule has 0 bridgehead atoms. The highest BCUT2D eigenvalue weighted by atomic mass is 32.1. The maximum absolute atomic E-state index is 14.9. The summed E-state index contributed by atoms with van der Waals surface area (Å²) in [5, 5.41) is 16.3. The summed E-state index contributed by atoms with van der Waals surface area (Å²) in [7, 11) is 0. The fourth-order valence-corrected chi connectivity index (χ4v) is 7.27. The van der Waals surface area contributed by atoms with Gasteiger partial charge in [0, 0.05) is 36.5 Å². The van der Waals surface area contributed by atoms with Crippen LogP contribution in [0.25, 0.3) is 22.0 Å². The summed E-state index contributed by atoms with van der Waals surface area (Å²) in [6.07, 6.45) is 7.69. The molecule has 0 aromatic carbocycles. The molecule has 1 saturated carbocycles. The van der Waals surface area contributed by atoms with E-state index < -0.39 is 35.3 Å². The second kappa shape index (κ2) is 28.3. The first-order valence-corrected chi connectivity index (χ1v) is 23.2. The summed E-state index contributed by atoms with van der Waals surface area (Å²) < 4.78 is 81.2. The fraction of sp³-hybridized carbons (Fsp3) is 0.614. The SMILES string of the molecule is CCOC1CCC(n2cc(NC(=O)c3csc(-c4cnn(COC(=O)CCOCCOCCOCCOCCOCCOCCNC(=O)OC(C)(C)C)c4)n3)c(-c3nc(F)ccc3F)n2)CC1. The fourth-order valence-electron chi connectivity index (χ4n) is 6.49. The molecule has 0 saturated heterocycles. The van der Waals surface area contributed by atoms with E-state index in [4.69, 9.17) is 42.6 Å². The molecule has 4 aromatic heterocycles. The highest BCUT2D eigenvalue weighted by Gasteiger charge is 2.27. The lowest BCUT2D eigenvalue weighted by Gasteiger charge is -2.28. The Morgan fingerprint density at radius 2 is 1.43 bits per heavy atom. The van der Waals surface area contributed by atoms with Gasteiger partial charge in [0.05, 0.1) is 110 Å². The summed E-state index contributed by atoms with van der Waals surface area (Å²) in [6.45, 7) is 12.6. The van der Waals surface area contributed by atoms with Gasteiger partial charge in [-0.15, -0.1) is 11.3 Å². The van der Waals surface area contributed by atoms with Crippen molar-refractivity contribution in [2.45, 2.75) is 84.3 Å². The molecule has 2 amide bonds. The number of carbonyl (C=O) groups is 3. The molecule has 67 heavy (non-hydrogen) atoms. The molecule has 0 spiro atoms. The molecule has 1 fully saturated rings. The Balaban J connectivity index is 0.892. The zero-order valence-corrected chi connectivity index (χ0v) is 39.3. The molecule has 370 valence electrons. The Bertz CT molecular complexity index is 2110. The lowest BCUT2D eigenvalue weighted by atomic mass is 9.93.